The van der Waals surface area contributed by atoms with Gasteiger partial charge in [0.2, 0.25) is 0 Å². The van der Waals surface area contributed by atoms with Crippen molar-refractivity contribution >= 4 is 22.6 Å². The zero-order chi connectivity index (χ0) is 24.5. The molecule has 0 unspecified atom stereocenters. The number of carbonyl (C=O) groups is 1. The van der Waals surface area contributed by atoms with Gasteiger partial charge in [-0.2, -0.15) is 0 Å². The summed E-state index contributed by atoms with van der Waals surface area (Å²) in [7, 11) is 0. The molecule has 0 aliphatic heterocycles. The summed E-state index contributed by atoms with van der Waals surface area (Å²) in [5, 5.41) is 12.0. The van der Waals surface area contributed by atoms with Crippen LogP contribution in [0.2, 0.25) is 0 Å². The van der Waals surface area contributed by atoms with Crippen molar-refractivity contribution in [3.05, 3.63) is 117 Å². The topological polar surface area (TPSA) is 105 Å². The van der Waals surface area contributed by atoms with Gasteiger partial charge in [-0.3, -0.25) is 24.4 Å². The molecule has 0 saturated carbocycles. The summed E-state index contributed by atoms with van der Waals surface area (Å²) < 4.78 is 3.11. The first-order valence-electron chi connectivity index (χ1n) is 11.2. The monoisotopic (exact) mass is 464 g/mol. The highest BCUT2D eigenvalue weighted by Gasteiger charge is 2.18. The standard InChI is InChI=1S/C27H24N6O2/c1-17-5-8-19(9-6-17)16-33-24(28)21(26(34)30-14-20-4-3-11-29-13-20)12-22-25(33)31-23-10-7-18(2)15-32(23)27(22)35/h3-13,15,28H,14,16H2,1-2H3,(H,30,34). The largest absolute Gasteiger partial charge is 0.348 e. The number of nitrogens with zero attached hydrogens (tertiary/aromatic N) is 4. The summed E-state index contributed by atoms with van der Waals surface area (Å²) in [6.45, 7) is 4.47. The highest BCUT2D eigenvalue weighted by Crippen LogP contribution is 2.14. The van der Waals surface area contributed by atoms with Gasteiger partial charge in [-0.25, -0.2) is 4.98 Å². The summed E-state index contributed by atoms with van der Waals surface area (Å²) in [5.74, 6) is -0.438. The average Bonchev–Trinajstić information content (AvgIpc) is 2.87. The van der Waals surface area contributed by atoms with Crippen LogP contribution in [0.1, 0.15) is 32.6 Å². The van der Waals surface area contributed by atoms with Gasteiger partial charge in [0, 0.05) is 25.1 Å². The normalized spacial score (nSPS) is 11.1. The van der Waals surface area contributed by atoms with Gasteiger partial charge in [-0.1, -0.05) is 42.0 Å². The van der Waals surface area contributed by atoms with Crippen molar-refractivity contribution in [3.63, 3.8) is 0 Å². The van der Waals surface area contributed by atoms with Crippen LogP contribution in [0.15, 0.2) is 78.0 Å². The molecule has 0 fully saturated rings. The molecule has 0 aliphatic rings. The number of carbonyl (C=O) groups excluding carboxylic acids is 1. The number of benzene rings is 1. The van der Waals surface area contributed by atoms with E-state index in [1.165, 1.54) is 10.5 Å². The number of aromatic nitrogens is 4. The molecular weight excluding hydrogens is 440 g/mol. The molecule has 1 aromatic carbocycles. The Balaban J connectivity index is 1.68. The smallest absolute Gasteiger partial charge is 0.267 e. The van der Waals surface area contributed by atoms with Crippen LogP contribution in [-0.4, -0.2) is 24.8 Å². The van der Waals surface area contributed by atoms with E-state index in [0.29, 0.717) is 17.8 Å². The van der Waals surface area contributed by atoms with Gasteiger partial charge in [0.05, 0.1) is 17.5 Å². The summed E-state index contributed by atoms with van der Waals surface area (Å²) in [6, 6.07) is 16.7. The third kappa shape index (κ3) is 4.33. The summed E-state index contributed by atoms with van der Waals surface area (Å²) >= 11 is 0. The van der Waals surface area contributed by atoms with E-state index in [1.54, 1.807) is 35.3 Å². The van der Waals surface area contributed by atoms with E-state index in [0.717, 1.165) is 22.3 Å². The fraction of sp³-hybridized carbons (Fsp3) is 0.148. The van der Waals surface area contributed by atoms with Crippen LogP contribution in [0.25, 0.3) is 16.7 Å². The molecule has 1 amide bonds. The zero-order valence-electron chi connectivity index (χ0n) is 19.4. The van der Waals surface area contributed by atoms with Gasteiger partial charge in [0.25, 0.3) is 11.5 Å². The third-order valence-electron chi connectivity index (χ3n) is 5.94. The van der Waals surface area contributed by atoms with Crippen LogP contribution in [0.4, 0.5) is 0 Å². The molecule has 0 atom stereocenters. The second-order valence-corrected chi connectivity index (χ2v) is 8.61. The first-order chi connectivity index (χ1) is 16.9. The van der Waals surface area contributed by atoms with Crippen molar-refractivity contribution in [3.8, 4) is 0 Å². The van der Waals surface area contributed by atoms with Crippen molar-refractivity contribution in [2.45, 2.75) is 26.9 Å². The second kappa shape index (κ2) is 8.98. The van der Waals surface area contributed by atoms with Gasteiger partial charge in [-0.15, -0.1) is 0 Å². The minimum absolute atomic E-state index is 0.00915. The van der Waals surface area contributed by atoms with Gasteiger partial charge >= 0.3 is 0 Å². The van der Waals surface area contributed by atoms with Gasteiger partial charge in [0.1, 0.15) is 16.8 Å². The Hall–Kier alpha value is -4.59. The number of nitrogens with one attached hydrogen (secondary N) is 2. The maximum absolute atomic E-state index is 13.5. The van der Waals surface area contributed by atoms with Crippen LogP contribution < -0.4 is 16.4 Å². The third-order valence-corrected chi connectivity index (χ3v) is 5.94. The Morgan fingerprint density at radius 1 is 1.03 bits per heavy atom. The molecule has 35 heavy (non-hydrogen) atoms. The van der Waals surface area contributed by atoms with E-state index in [4.69, 9.17) is 10.4 Å². The fourth-order valence-electron chi connectivity index (χ4n) is 4.03. The van der Waals surface area contributed by atoms with Crippen LogP contribution in [0.5, 0.6) is 0 Å². The van der Waals surface area contributed by atoms with E-state index in [2.05, 4.69) is 10.3 Å². The Morgan fingerprint density at radius 3 is 2.54 bits per heavy atom. The van der Waals surface area contributed by atoms with E-state index in [1.807, 2.05) is 50.2 Å². The van der Waals surface area contributed by atoms with E-state index in [-0.39, 0.29) is 28.5 Å². The minimum Gasteiger partial charge on any atom is -0.348 e. The molecule has 2 N–H and O–H groups in total. The Labute approximate surface area is 201 Å². The van der Waals surface area contributed by atoms with Gasteiger partial charge in [-0.05, 0) is 48.7 Å². The molecule has 0 aliphatic carbocycles. The lowest BCUT2D eigenvalue weighted by atomic mass is 10.1. The van der Waals surface area contributed by atoms with E-state index in [9.17, 15) is 9.59 Å². The SMILES string of the molecule is Cc1ccc(Cn2c(=N)c(C(=O)NCc3cccnc3)cc3c(=O)n4cc(C)ccc4nc32)cc1. The lowest BCUT2D eigenvalue weighted by Crippen LogP contribution is -2.35. The highest BCUT2D eigenvalue weighted by atomic mass is 16.1. The Kier molecular flexibility index (Phi) is 5.70. The molecule has 4 heterocycles. The Bertz CT molecular complexity index is 1690. The number of pyridine rings is 3. The van der Waals surface area contributed by atoms with Crippen molar-refractivity contribution < 1.29 is 4.79 Å². The number of hydrogen-bond donors (Lipinski definition) is 2. The zero-order valence-corrected chi connectivity index (χ0v) is 19.4. The first kappa shape index (κ1) is 22.2. The highest BCUT2D eigenvalue weighted by molar-refractivity contribution is 5.96. The maximum Gasteiger partial charge on any atom is 0.267 e. The predicted molar refractivity (Wildman–Crippen MR) is 133 cm³/mol. The van der Waals surface area contributed by atoms with Crippen molar-refractivity contribution in [1.82, 2.24) is 24.3 Å². The van der Waals surface area contributed by atoms with Crippen molar-refractivity contribution in [2.24, 2.45) is 0 Å². The fourth-order valence-corrected chi connectivity index (χ4v) is 4.03. The average molecular weight is 465 g/mol. The van der Waals surface area contributed by atoms with Crippen LogP contribution in [0.3, 0.4) is 0 Å². The summed E-state index contributed by atoms with van der Waals surface area (Å²) in [6.07, 6.45) is 5.06. The molecule has 8 heteroatoms. The lowest BCUT2D eigenvalue weighted by molar-refractivity contribution is 0.0948. The number of hydrogen-bond acceptors (Lipinski definition) is 5. The van der Waals surface area contributed by atoms with Crippen LogP contribution in [-0.2, 0) is 13.1 Å². The Morgan fingerprint density at radius 2 is 1.80 bits per heavy atom. The molecular formula is C27H24N6O2. The van der Waals surface area contributed by atoms with Crippen LogP contribution >= 0.6 is 0 Å². The summed E-state index contributed by atoms with van der Waals surface area (Å²) in [4.78, 5) is 35.4. The van der Waals surface area contributed by atoms with Crippen molar-refractivity contribution in [1.29, 1.82) is 5.41 Å². The van der Waals surface area contributed by atoms with Gasteiger partial charge < -0.3 is 9.88 Å². The van der Waals surface area contributed by atoms with E-state index < -0.39 is 5.91 Å². The number of amides is 1. The first-order valence-corrected chi connectivity index (χ1v) is 11.2. The minimum atomic E-state index is -0.438. The quantitative estimate of drug-likeness (QED) is 0.390. The molecule has 174 valence electrons. The second-order valence-electron chi connectivity index (χ2n) is 8.61. The lowest BCUT2D eigenvalue weighted by Gasteiger charge is -2.15. The molecule has 8 nitrogen and oxygen atoms in total. The molecule has 0 radical (unpaired) electrons. The van der Waals surface area contributed by atoms with Crippen LogP contribution in [0, 0.1) is 19.3 Å². The molecule has 5 aromatic rings. The molecule has 5 rings (SSSR count). The predicted octanol–water partition coefficient (Wildman–Crippen LogP) is 3.12. The summed E-state index contributed by atoms with van der Waals surface area (Å²) in [5.41, 5.74) is 4.49. The maximum atomic E-state index is 13.5. The van der Waals surface area contributed by atoms with E-state index >= 15 is 0 Å². The van der Waals surface area contributed by atoms with Gasteiger partial charge in [0.15, 0.2) is 0 Å². The molecule has 0 saturated heterocycles. The molecule has 0 spiro atoms. The molecule has 4 aromatic heterocycles. The number of aryl methyl sites for hydroxylation is 2. The number of fused-ring (bicyclic) bond motifs is 2. The van der Waals surface area contributed by atoms with Crippen molar-refractivity contribution in [2.75, 3.05) is 0 Å². The molecule has 0 bridgehead atoms. The number of rotatable bonds is 5.